The summed E-state index contributed by atoms with van der Waals surface area (Å²) in [6, 6.07) is 7.92. The van der Waals surface area contributed by atoms with Gasteiger partial charge in [-0.05, 0) is 44.5 Å². The molecule has 0 amide bonds. The number of halogens is 1. The molecule has 0 saturated heterocycles. The Morgan fingerprint density at radius 1 is 1.33 bits per heavy atom. The van der Waals surface area contributed by atoms with Crippen LogP contribution in [0, 0.1) is 5.92 Å². The Labute approximate surface area is 116 Å². The minimum absolute atomic E-state index is 0.127. The molecule has 0 radical (unpaired) electrons. The summed E-state index contributed by atoms with van der Waals surface area (Å²) in [4.78, 5) is 0. The van der Waals surface area contributed by atoms with E-state index in [1.807, 2.05) is 31.3 Å². The highest BCUT2D eigenvalue weighted by Gasteiger charge is 2.19. The first kappa shape index (κ1) is 15.3. The van der Waals surface area contributed by atoms with Gasteiger partial charge in [-0.1, -0.05) is 37.9 Å². The molecular formula is C15H24ClNO. The zero-order valence-corrected chi connectivity index (χ0v) is 12.5. The van der Waals surface area contributed by atoms with Crippen molar-refractivity contribution in [3.05, 3.63) is 29.3 Å². The molecular weight excluding hydrogens is 246 g/mol. The molecule has 0 spiro atoms. The molecule has 0 fully saturated rings. The molecule has 0 saturated carbocycles. The van der Waals surface area contributed by atoms with E-state index in [0.717, 1.165) is 12.2 Å². The minimum atomic E-state index is 0.127. The van der Waals surface area contributed by atoms with E-state index in [-0.39, 0.29) is 6.10 Å². The van der Waals surface area contributed by atoms with Crippen molar-refractivity contribution in [3.8, 4) is 5.75 Å². The molecule has 1 rings (SSSR count). The third-order valence-electron chi connectivity index (χ3n) is 3.41. The molecule has 2 nitrogen and oxygen atoms in total. The van der Waals surface area contributed by atoms with Gasteiger partial charge in [0, 0.05) is 11.1 Å². The average Bonchev–Trinajstić information content (AvgIpc) is 2.35. The van der Waals surface area contributed by atoms with E-state index < -0.39 is 0 Å². The molecule has 0 bridgehead atoms. The summed E-state index contributed by atoms with van der Waals surface area (Å²) in [5.41, 5.74) is 0. The standard InChI is InChI=1S/C15H24ClNO/c1-5-11(2)9-15(17-4)12(3)18-14-8-6-7-13(16)10-14/h6-8,10-12,15,17H,5,9H2,1-4H3. The monoisotopic (exact) mass is 269 g/mol. The van der Waals surface area contributed by atoms with Crippen molar-refractivity contribution in [2.45, 2.75) is 45.8 Å². The first-order chi connectivity index (χ1) is 8.56. The number of hydrogen-bond donors (Lipinski definition) is 1. The van der Waals surface area contributed by atoms with E-state index in [2.05, 4.69) is 26.1 Å². The zero-order chi connectivity index (χ0) is 13.5. The summed E-state index contributed by atoms with van der Waals surface area (Å²) in [6.07, 6.45) is 2.44. The van der Waals surface area contributed by atoms with E-state index in [9.17, 15) is 0 Å². The van der Waals surface area contributed by atoms with Crippen LogP contribution in [0.2, 0.25) is 5.02 Å². The van der Waals surface area contributed by atoms with Crippen molar-refractivity contribution in [2.75, 3.05) is 7.05 Å². The van der Waals surface area contributed by atoms with E-state index in [1.54, 1.807) is 0 Å². The summed E-state index contributed by atoms with van der Waals surface area (Å²) in [6.45, 7) is 6.60. The lowest BCUT2D eigenvalue weighted by Gasteiger charge is -2.26. The van der Waals surface area contributed by atoms with Gasteiger partial charge < -0.3 is 10.1 Å². The van der Waals surface area contributed by atoms with E-state index in [1.165, 1.54) is 6.42 Å². The Balaban J connectivity index is 2.59. The molecule has 0 aromatic heterocycles. The molecule has 1 aromatic carbocycles. The van der Waals surface area contributed by atoms with Gasteiger partial charge in [-0.15, -0.1) is 0 Å². The highest BCUT2D eigenvalue weighted by Crippen LogP contribution is 2.21. The predicted octanol–water partition coefficient (Wildman–Crippen LogP) is 4.13. The quantitative estimate of drug-likeness (QED) is 0.804. The predicted molar refractivity (Wildman–Crippen MR) is 78.5 cm³/mol. The van der Waals surface area contributed by atoms with Gasteiger partial charge in [0.05, 0.1) is 0 Å². The van der Waals surface area contributed by atoms with Crippen LogP contribution in [-0.4, -0.2) is 19.2 Å². The molecule has 0 aliphatic heterocycles. The first-order valence-corrected chi connectivity index (χ1v) is 7.04. The summed E-state index contributed by atoms with van der Waals surface area (Å²) in [5.74, 6) is 1.53. The van der Waals surface area contributed by atoms with Gasteiger partial charge >= 0.3 is 0 Å². The molecule has 18 heavy (non-hydrogen) atoms. The molecule has 1 aromatic rings. The summed E-state index contributed by atoms with van der Waals surface area (Å²) in [7, 11) is 1.99. The van der Waals surface area contributed by atoms with Gasteiger partial charge in [-0.3, -0.25) is 0 Å². The molecule has 3 unspecified atom stereocenters. The van der Waals surface area contributed by atoms with Gasteiger partial charge in [0.15, 0.2) is 0 Å². The number of rotatable bonds is 7. The van der Waals surface area contributed by atoms with Gasteiger partial charge in [-0.2, -0.15) is 0 Å². The highest BCUT2D eigenvalue weighted by molar-refractivity contribution is 6.30. The molecule has 1 N–H and O–H groups in total. The fourth-order valence-electron chi connectivity index (χ4n) is 1.98. The maximum absolute atomic E-state index is 5.95. The van der Waals surface area contributed by atoms with Crippen LogP contribution in [0.1, 0.15) is 33.6 Å². The van der Waals surface area contributed by atoms with Crippen LogP contribution in [-0.2, 0) is 0 Å². The van der Waals surface area contributed by atoms with Crippen LogP contribution in [0.3, 0.4) is 0 Å². The topological polar surface area (TPSA) is 21.3 Å². The second-order valence-electron chi connectivity index (χ2n) is 4.92. The van der Waals surface area contributed by atoms with Crippen LogP contribution in [0.5, 0.6) is 5.75 Å². The number of benzene rings is 1. The fraction of sp³-hybridized carbons (Fsp3) is 0.600. The van der Waals surface area contributed by atoms with Crippen molar-refractivity contribution in [3.63, 3.8) is 0 Å². The van der Waals surface area contributed by atoms with E-state index in [4.69, 9.17) is 16.3 Å². The lowest BCUT2D eigenvalue weighted by molar-refractivity contribution is 0.159. The molecule has 3 heteroatoms. The van der Waals surface area contributed by atoms with E-state index >= 15 is 0 Å². The highest BCUT2D eigenvalue weighted by atomic mass is 35.5. The van der Waals surface area contributed by atoms with Crippen LogP contribution in [0.15, 0.2) is 24.3 Å². The van der Waals surface area contributed by atoms with Gasteiger partial charge in [-0.25, -0.2) is 0 Å². The normalized spacial score (nSPS) is 16.1. The maximum atomic E-state index is 5.95. The largest absolute Gasteiger partial charge is 0.489 e. The van der Waals surface area contributed by atoms with Crippen molar-refractivity contribution in [1.29, 1.82) is 0 Å². The molecule has 3 atom stereocenters. The Bertz CT molecular complexity index is 356. The van der Waals surface area contributed by atoms with Crippen LogP contribution in [0.4, 0.5) is 0 Å². The van der Waals surface area contributed by atoms with Crippen molar-refractivity contribution in [1.82, 2.24) is 5.32 Å². The number of likely N-dealkylation sites (N-methyl/N-ethyl adjacent to an activating group) is 1. The third-order valence-corrected chi connectivity index (χ3v) is 3.64. The minimum Gasteiger partial charge on any atom is -0.489 e. The second kappa shape index (κ2) is 7.65. The SMILES string of the molecule is CCC(C)CC(NC)C(C)Oc1cccc(Cl)c1. The van der Waals surface area contributed by atoms with Gasteiger partial charge in [0.2, 0.25) is 0 Å². The average molecular weight is 270 g/mol. The fourth-order valence-corrected chi connectivity index (χ4v) is 2.16. The molecule has 0 aliphatic carbocycles. The Morgan fingerprint density at radius 2 is 2.06 bits per heavy atom. The number of nitrogens with one attached hydrogen (secondary N) is 1. The first-order valence-electron chi connectivity index (χ1n) is 6.66. The van der Waals surface area contributed by atoms with Gasteiger partial charge in [0.25, 0.3) is 0 Å². The summed E-state index contributed by atoms with van der Waals surface area (Å²) < 4.78 is 5.95. The third kappa shape index (κ3) is 4.87. The maximum Gasteiger partial charge on any atom is 0.121 e. The van der Waals surface area contributed by atoms with Gasteiger partial charge in [0.1, 0.15) is 11.9 Å². The molecule has 102 valence electrons. The molecule has 0 heterocycles. The Hall–Kier alpha value is -0.730. The Kier molecular flexibility index (Phi) is 6.51. The lowest BCUT2D eigenvalue weighted by Crippen LogP contribution is -2.40. The van der Waals surface area contributed by atoms with Crippen LogP contribution in [0.25, 0.3) is 0 Å². The summed E-state index contributed by atoms with van der Waals surface area (Å²) >= 11 is 5.95. The van der Waals surface area contributed by atoms with Crippen molar-refractivity contribution >= 4 is 11.6 Å². The van der Waals surface area contributed by atoms with Crippen molar-refractivity contribution < 1.29 is 4.74 Å². The Morgan fingerprint density at radius 3 is 2.61 bits per heavy atom. The van der Waals surface area contributed by atoms with Crippen LogP contribution >= 0.6 is 11.6 Å². The second-order valence-corrected chi connectivity index (χ2v) is 5.36. The van der Waals surface area contributed by atoms with Crippen molar-refractivity contribution in [2.24, 2.45) is 5.92 Å². The lowest BCUT2D eigenvalue weighted by atomic mass is 9.96. The van der Waals surface area contributed by atoms with E-state index in [0.29, 0.717) is 17.0 Å². The molecule has 0 aliphatic rings. The number of ether oxygens (including phenoxy) is 1. The number of hydrogen-bond acceptors (Lipinski definition) is 2. The zero-order valence-electron chi connectivity index (χ0n) is 11.7. The van der Waals surface area contributed by atoms with Crippen LogP contribution < -0.4 is 10.1 Å². The smallest absolute Gasteiger partial charge is 0.121 e. The summed E-state index contributed by atoms with van der Waals surface area (Å²) in [5, 5.41) is 4.05.